The minimum Gasteiger partial charge on any atom is -0.353 e. The third kappa shape index (κ3) is 7.59. The van der Waals surface area contributed by atoms with E-state index in [1.165, 1.54) is 38.8 Å². The Bertz CT molecular complexity index is 322. The van der Waals surface area contributed by atoms with Crippen molar-refractivity contribution in [3.05, 3.63) is 0 Å². The lowest BCUT2D eigenvalue weighted by atomic mass is 9.86. The molecule has 4 nitrogen and oxygen atoms in total. The SMILES string of the molecule is CCC(CC)C(CNC(=O)[C@@H](N)C(C)(C)C)N1CCCC1.Cl.Cl. The Morgan fingerprint density at radius 3 is 2.00 bits per heavy atom. The fourth-order valence-electron chi connectivity index (χ4n) is 3.21. The Labute approximate surface area is 155 Å². The van der Waals surface area contributed by atoms with Crippen LogP contribution in [0.3, 0.4) is 0 Å². The first-order valence-electron chi connectivity index (χ1n) is 8.58. The predicted molar refractivity (Wildman–Crippen MR) is 104 cm³/mol. The molecule has 1 fully saturated rings. The summed E-state index contributed by atoms with van der Waals surface area (Å²) >= 11 is 0. The third-order valence-corrected chi connectivity index (χ3v) is 4.90. The minimum atomic E-state index is -0.446. The molecule has 1 heterocycles. The third-order valence-electron chi connectivity index (χ3n) is 4.90. The molecule has 0 saturated carbocycles. The normalized spacial score (nSPS) is 18.0. The van der Waals surface area contributed by atoms with Crippen molar-refractivity contribution >= 4 is 30.7 Å². The molecule has 0 aromatic heterocycles. The van der Waals surface area contributed by atoms with Gasteiger partial charge in [-0.15, -0.1) is 24.8 Å². The Kier molecular flexibility index (Phi) is 12.6. The molecule has 1 aliphatic rings. The van der Waals surface area contributed by atoms with Gasteiger partial charge in [-0.05, 0) is 37.3 Å². The first-order valence-corrected chi connectivity index (χ1v) is 8.58. The molecular weight excluding hydrogens is 333 g/mol. The van der Waals surface area contributed by atoms with E-state index in [1.54, 1.807) is 0 Å². The van der Waals surface area contributed by atoms with Crippen molar-refractivity contribution in [2.45, 2.75) is 72.4 Å². The molecule has 1 rings (SSSR count). The molecule has 0 bridgehead atoms. The molecule has 1 aliphatic heterocycles. The zero-order valence-corrected chi connectivity index (χ0v) is 17.1. The number of nitrogens with one attached hydrogen (secondary N) is 1. The highest BCUT2D eigenvalue weighted by molar-refractivity contribution is 5.85. The maximum atomic E-state index is 12.3. The maximum absolute atomic E-state index is 12.3. The number of carbonyl (C=O) groups excluding carboxylic acids is 1. The Morgan fingerprint density at radius 1 is 1.13 bits per heavy atom. The van der Waals surface area contributed by atoms with E-state index in [-0.39, 0.29) is 36.1 Å². The number of likely N-dealkylation sites (tertiary alicyclic amines) is 1. The fraction of sp³-hybridized carbons (Fsp3) is 0.941. The van der Waals surface area contributed by atoms with Crippen LogP contribution >= 0.6 is 24.8 Å². The van der Waals surface area contributed by atoms with E-state index in [9.17, 15) is 4.79 Å². The van der Waals surface area contributed by atoms with Crippen LogP contribution in [0.25, 0.3) is 0 Å². The molecule has 0 aromatic rings. The van der Waals surface area contributed by atoms with E-state index in [1.807, 2.05) is 20.8 Å². The van der Waals surface area contributed by atoms with Gasteiger partial charge in [-0.25, -0.2) is 0 Å². The van der Waals surface area contributed by atoms with Crippen molar-refractivity contribution in [2.24, 2.45) is 17.1 Å². The number of hydrogen-bond donors (Lipinski definition) is 2. The average Bonchev–Trinajstić information content (AvgIpc) is 2.95. The van der Waals surface area contributed by atoms with Crippen LogP contribution in [0, 0.1) is 11.3 Å². The average molecular weight is 370 g/mol. The standard InChI is InChI=1S/C17H35N3O.2ClH/c1-6-13(7-2)14(20-10-8-9-11-20)12-19-16(21)15(18)17(3,4)5;;/h13-15H,6-12,18H2,1-5H3,(H,19,21);2*1H/t14?,15-;;/m1../s1. The number of halogens is 2. The molecule has 0 aromatic carbocycles. The summed E-state index contributed by atoms with van der Waals surface area (Å²) < 4.78 is 0. The van der Waals surface area contributed by atoms with Gasteiger partial charge in [0.15, 0.2) is 0 Å². The number of nitrogens with two attached hydrogens (primary N) is 1. The van der Waals surface area contributed by atoms with E-state index in [4.69, 9.17) is 5.73 Å². The fourth-order valence-corrected chi connectivity index (χ4v) is 3.21. The van der Waals surface area contributed by atoms with Gasteiger partial charge in [-0.1, -0.05) is 47.5 Å². The second-order valence-corrected chi connectivity index (χ2v) is 7.48. The smallest absolute Gasteiger partial charge is 0.237 e. The van der Waals surface area contributed by atoms with Crippen molar-refractivity contribution in [3.8, 4) is 0 Å². The highest BCUT2D eigenvalue weighted by Crippen LogP contribution is 2.23. The van der Waals surface area contributed by atoms with Crippen LogP contribution in [-0.2, 0) is 4.79 Å². The van der Waals surface area contributed by atoms with Crippen molar-refractivity contribution in [3.63, 3.8) is 0 Å². The largest absolute Gasteiger partial charge is 0.353 e. The van der Waals surface area contributed by atoms with E-state index in [2.05, 4.69) is 24.1 Å². The number of amides is 1. The molecule has 2 atom stereocenters. The molecule has 1 unspecified atom stereocenters. The van der Waals surface area contributed by atoms with Crippen LogP contribution < -0.4 is 11.1 Å². The van der Waals surface area contributed by atoms with Gasteiger partial charge >= 0.3 is 0 Å². The van der Waals surface area contributed by atoms with E-state index in [0.29, 0.717) is 12.0 Å². The molecule has 140 valence electrons. The summed E-state index contributed by atoms with van der Waals surface area (Å²) in [5, 5.41) is 3.11. The zero-order chi connectivity index (χ0) is 16.0. The molecule has 1 amide bonds. The van der Waals surface area contributed by atoms with E-state index >= 15 is 0 Å². The molecule has 1 saturated heterocycles. The van der Waals surface area contributed by atoms with Gasteiger partial charge in [-0.2, -0.15) is 0 Å². The number of carbonyl (C=O) groups is 1. The van der Waals surface area contributed by atoms with Gasteiger partial charge in [0.1, 0.15) is 0 Å². The van der Waals surface area contributed by atoms with Crippen LogP contribution in [0.5, 0.6) is 0 Å². The second kappa shape index (κ2) is 11.5. The van der Waals surface area contributed by atoms with Gasteiger partial charge in [0, 0.05) is 12.6 Å². The van der Waals surface area contributed by atoms with Gasteiger partial charge < -0.3 is 11.1 Å². The van der Waals surface area contributed by atoms with Crippen molar-refractivity contribution in [1.29, 1.82) is 0 Å². The molecule has 0 aliphatic carbocycles. The number of hydrogen-bond acceptors (Lipinski definition) is 3. The van der Waals surface area contributed by atoms with Crippen LogP contribution in [-0.4, -0.2) is 42.5 Å². The monoisotopic (exact) mass is 369 g/mol. The van der Waals surface area contributed by atoms with Gasteiger partial charge in [-0.3, -0.25) is 9.69 Å². The molecular formula is C17H37Cl2N3O. The summed E-state index contributed by atoms with van der Waals surface area (Å²) in [5.74, 6) is 0.631. The summed E-state index contributed by atoms with van der Waals surface area (Å²) in [6.07, 6.45) is 4.90. The van der Waals surface area contributed by atoms with E-state index < -0.39 is 6.04 Å². The minimum absolute atomic E-state index is 0. The molecule has 3 N–H and O–H groups in total. The summed E-state index contributed by atoms with van der Waals surface area (Å²) in [5.41, 5.74) is 5.86. The van der Waals surface area contributed by atoms with Crippen molar-refractivity contribution in [2.75, 3.05) is 19.6 Å². The lowest BCUT2D eigenvalue weighted by Gasteiger charge is -2.35. The first kappa shape index (κ1) is 25.2. The van der Waals surface area contributed by atoms with Crippen LogP contribution in [0.1, 0.15) is 60.3 Å². The molecule has 6 heteroatoms. The highest BCUT2D eigenvalue weighted by atomic mass is 35.5. The Morgan fingerprint density at radius 2 is 1.61 bits per heavy atom. The van der Waals surface area contributed by atoms with E-state index in [0.717, 1.165) is 6.54 Å². The predicted octanol–water partition coefficient (Wildman–Crippen LogP) is 3.22. The van der Waals surface area contributed by atoms with Gasteiger partial charge in [0.2, 0.25) is 5.91 Å². The van der Waals surface area contributed by atoms with Crippen LogP contribution in [0.2, 0.25) is 0 Å². The zero-order valence-electron chi connectivity index (χ0n) is 15.4. The second-order valence-electron chi connectivity index (χ2n) is 7.48. The van der Waals surface area contributed by atoms with Gasteiger partial charge in [0.05, 0.1) is 6.04 Å². The molecule has 0 radical (unpaired) electrons. The molecule has 0 spiro atoms. The number of nitrogens with zero attached hydrogens (tertiary/aromatic N) is 1. The Hall–Kier alpha value is -0.0300. The summed E-state index contributed by atoms with van der Waals surface area (Å²) in [4.78, 5) is 14.8. The van der Waals surface area contributed by atoms with Crippen molar-refractivity contribution < 1.29 is 4.79 Å². The summed E-state index contributed by atoms with van der Waals surface area (Å²) in [6.45, 7) is 13.6. The molecule has 23 heavy (non-hydrogen) atoms. The number of rotatable bonds is 7. The van der Waals surface area contributed by atoms with Crippen molar-refractivity contribution in [1.82, 2.24) is 10.2 Å². The van der Waals surface area contributed by atoms with Gasteiger partial charge in [0.25, 0.3) is 0 Å². The van der Waals surface area contributed by atoms with Crippen LogP contribution in [0.4, 0.5) is 0 Å². The Balaban J connectivity index is 0. The maximum Gasteiger partial charge on any atom is 0.237 e. The summed E-state index contributed by atoms with van der Waals surface area (Å²) in [6, 6.07) is 0.0112. The highest BCUT2D eigenvalue weighted by Gasteiger charge is 2.31. The topological polar surface area (TPSA) is 58.4 Å². The lowest BCUT2D eigenvalue weighted by Crippen LogP contribution is -2.53. The van der Waals surface area contributed by atoms with Crippen LogP contribution in [0.15, 0.2) is 0 Å². The summed E-state index contributed by atoms with van der Waals surface area (Å²) in [7, 11) is 0. The quantitative estimate of drug-likeness (QED) is 0.723. The lowest BCUT2D eigenvalue weighted by molar-refractivity contribution is -0.124. The first-order chi connectivity index (χ1) is 9.81.